The Balaban J connectivity index is 1.50. The summed E-state index contributed by atoms with van der Waals surface area (Å²) < 4.78 is 13.6. The lowest BCUT2D eigenvalue weighted by Crippen LogP contribution is -2.34. The van der Waals surface area contributed by atoms with Gasteiger partial charge in [-0.2, -0.15) is 0 Å². The van der Waals surface area contributed by atoms with Crippen LogP contribution in [0.1, 0.15) is 30.4 Å². The van der Waals surface area contributed by atoms with Crippen LogP contribution in [-0.4, -0.2) is 23.4 Å². The highest BCUT2D eigenvalue weighted by atomic mass is 35.5. The summed E-state index contributed by atoms with van der Waals surface area (Å²) in [4.78, 5) is 14.1. The van der Waals surface area contributed by atoms with E-state index in [4.69, 9.17) is 11.6 Å². The summed E-state index contributed by atoms with van der Waals surface area (Å²) in [5.41, 5.74) is 1.76. The van der Waals surface area contributed by atoms with Gasteiger partial charge in [0.1, 0.15) is 5.82 Å². The second-order valence-electron chi connectivity index (χ2n) is 6.40. The zero-order valence-corrected chi connectivity index (χ0v) is 14.8. The fourth-order valence-corrected chi connectivity index (χ4v) is 3.36. The quantitative estimate of drug-likeness (QED) is 0.752. The lowest BCUT2D eigenvalue weighted by Gasteiger charge is -2.25. The smallest absolute Gasteiger partial charge is 0.223 e. The van der Waals surface area contributed by atoms with Gasteiger partial charge in [0, 0.05) is 36.1 Å². The minimum Gasteiger partial charge on any atom is -0.335 e. The summed E-state index contributed by atoms with van der Waals surface area (Å²) >= 11 is 5.92. The number of amides is 1. The number of halogens is 2. The Bertz CT molecular complexity index is 720. The second kappa shape index (κ2) is 8.45. The molecule has 0 radical (unpaired) electrons. The zero-order chi connectivity index (χ0) is 17.6. The topological polar surface area (TPSA) is 32.3 Å². The number of likely N-dealkylation sites (tertiary alicyclic amines) is 1. The number of hydrogen-bond donors (Lipinski definition) is 1. The van der Waals surface area contributed by atoms with E-state index in [1.165, 1.54) is 6.07 Å². The lowest BCUT2D eigenvalue weighted by molar-refractivity contribution is -0.129. The van der Waals surface area contributed by atoms with Gasteiger partial charge in [-0.3, -0.25) is 4.79 Å². The van der Waals surface area contributed by atoms with E-state index in [0.717, 1.165) is 24.9 Å². The Kier molecular flexibility index (Phi) is 6.05. The van der Waals surface area contributed by atoms with Gasteiger partial charge in [0.15, 0.2) is 0 Å². The number of nitrogens with zero attached hydrogens (tertiary/aromatic N) is 1. The van der Waals surface area contributed by atoms with Gasteiger partial charge in [-0.15, -0.1) is 0 Å². The van der Waals surface area contributed by atoms with Gasteiger partial charge in [-0.25, -0.2) is 4.39 Å². The normalized spacial score (nSPS) is 17.3. The molecule has 0 unspecified atom stereocenters. The van der Waals surface area contributed by atoms with Gasteiger partial charge in [-0.1, -0.05) is 41.9 Å². The number of nitrogens with one attached hydrogen (secondary N) is 1. The van der Waals surface area contributed by atoms with E-state index in [0.29, 0.717) is 30.1 Å². The molecule has 0 aliphatic carbocycles. The molecule has 1 atom stereocenters. The third kappa shape index (κ3) is 4.80. The molecular weight excluding hydrogens is 339 g/mol. The van der Waals surface area contributed by atoms with Crippen molar-refractivity contribution in [3.05, 3.63) is 70.5 Å². The summed E-state index contributed by atoms with van der Waals surface area (Å²) in [5, 5.41) is 3.98. The number of carbonyl (C=O) groups excluding carboxylic acids is 1. The number of carbonyl (C=O) groups is 1. The van der Waals surface area contributed by atoms with Crippen molar-refractivity contribution in [2.24, 2.45) is 0 Å². The molecule has 5 heteroatoms. The van der Waals surface area contributed by atoms with Crippen LogP contribution in [-0.2, 0) is 17.9 Å². The molecule has 1 fully saturated rings. The third-order valence-corrected chi connectivity index (χ3v) is 4.90. The van der Waals surface area contributed by atoms with E-state index >= 15 is 0 Å². The number of hydrogen-bond acceptors (Lipinski definition) is 2. The lowest BCUT2D eigenvalue weighted by atomic mass is 10.1. The molecule has 1 N–H and O–H groups in total. The maximum atomic E-state index is 13.6. The molecule has 1 aliphatic heterocycles. The first kappa shape index (κ1) is 17.9. The van der Waals surface area contributed by atoms with Crippen LogP contribution in [0.2, 0.25) is 5.02 Å². The summed E-state index contributed by atoms with van der Waals surface area (Å²) in [7, 11) is 0. The van der Waals surface area contributed by atoms with E-state index in [-0.39, 0.29) is 17.8 Å². The summed E-state index contributed by atoms with van der Waals surface area (Å²) in [6.07, 6.45) is 2.35. The first-order valence-electron chi connectivity index (χ1n) is 8.61. The van der Waals surface area contributed by atoms with Crippen molar-refractivity contribution in [2.75, 3.05) is 6.54 Å². The molecule has 3 rings (SSSR count). The summed E-state index contributed by atoms with van der Waals surface area (Å²) in [6, 6.07) is 14.6. The third-order valence-electron chi connectivity index (χ3n) is 4.65. The molecule has 1 amide bonds. The highest BCUT2D eigenvalue weighted by molar-refractivity contribution is 6.30. The average Bonchev–Trinajstić information content (AvgIpc) is 2.95. The Morgan fingerprint density at radius 2 is 1.92 bits per heavy atom. The van der Waals surface area contributed by atoms with E-state index in [2.05, 4.69) is 5.32 Å². The van der Waals surface area contributed by atoms with Crippen LogP contribution < -0.4 is 5.32 Å². The molecule has 0 bridgehead atoms. The van der Waals surface area contributed by atoms with Crippen LogP contribution in [0, 0.1) is 5.82 Å². The highest BCUT2D eigenvalue weighted by Gasteiger charge is 2.30. The van der Waals surface area contributed by atoms with Gasteiger partial charge in [-0.05, 0) is 43.1 Å². The van der Waals surface area contributed by atoms with Crippen LogP contribution in [0.15, 0.2) is 48.5 Å². The standard InChI is InChI=1S/C20H22ClFN2O/c21-17-7-5-15(6-8-17)14-24-18(9-10-20(24)25)11-12-23-13-16-3-1-2-4-19(16)22/h1-8,18,23H,9-14H2/t18-/m0/s1. The Morgan fingerprint density at radius 1 is 1.16 bits per heavy atom. The molecule has 1 saturated heterocycles. The largest absolute Gasteiger partial charge is 0.335 e. The highest BCUT2D eigenvalue weighted by Crippen LogP contribution is 2.24. The molecule has 132 valence electrons. The monoisotopic (exact) mass is 360 g/mol. The van der Waals surface area contributed by atoms with Gasteiger partial charge < -0.3 is 10.2 Å². The maximum absolute atomic E-state index is 13.6. The van der Waals surface area contributed by atoms with Crippen molar-refractivity contribution in [2.45, 2.75) is 38.4 Å². The van der Waals surface area contributed by atoms with Crippen molar-refractivity contribution in [3.63, 3.8) is 0 Å². The van der Waals surface area contributed by atoms with Crippen LogP contribution in [0.3, 0.4) is 0 Å². The van der Waals surface area contributed by atoms with E-state index in [1.54, 1.807) is 12.1 Å². The maximum Gasteiger partial charge on any atom is 0.223 e. The summed E-state index contributed by atoms with van der Waals surface area (Å²) in [5.74, 6) is 0.0180. The van der Waals surface area contributed by atoms with Crippen LogP contribution in [0.5, 0.6) is 0 Å². The van der Waals surface area contributed by atoms with Crippen molar-refractivity contribution < 1.29 is 9.18 Å². The van der Waals surface area contributed by atoms with Crippen molar-refractivity contribution in [1.29, 1.82) is 0 Å². The Hall–Kier alpha value is -1.91. The first-order valence-corrected chi connectivity index (χ1v) is 8.99. The number of rotatable bonds is 7. The summed E-state index contributed by atoms with van der Waals surface area (Å²) in [6.45, 7) is 1.88. The van der Waals surface area contributed by atoms with Gasteiger partial charge in [0.05, 0.1) is 0 Å². The SMILES string of the molecule is O=C1CC[C@@H](CCNCc2ccccc2F)N1Cc1ccc(Cl)cc1. The predicted octanol–water partition coefficient (Wildman–Crippen LogP) is 4.15. The molecule has 2 aromatic rings. The molecule has 0 spiro atoms. The van der Waals surface area contributed by atoms with E-state index in [9.17, 15) is 9.18 Å². The molecule has 0 saturated carbocycles. The predicted molar refractivity (Wildman–Crippen MR) is 97.7 cm³/mol. The first-order chi connectivity index (χ1) is 12.1. The second-order valence-corrected chi connectivity index (χ2v) is 6.83. The van der Waals surface area contributed by atoms with E-state index in [1.807, 2.05) is 35.2 Å². The van der Waals surface area contributed by atoms with Crippen molar-refractivity contribution in [1.82, 2.24) is 10.2 Å². The minimum atomic E-state index is -0.185. The Labute approximate surface area is 152 Å². The van der Waals surface area contributed by atoms with Gasteiger partial charge >= 0.3 is 0 Å². The molecule has 1 aliphatic rings. The molecular formula is C20H22ClFN2O. The average molecular weight is 361 g/mol. The van der Waals surface area contributed by atoms with Crippen LogP contribution in [0.25, 0.3) is 0 Å². The van der Waals surface area contributed by atoms with Gasteiger partial charge in [0.25, 0.3) is 0 Å². The van der Waals surface area contributed by atoms with E-state index < -0.39 is 0 Å². The number of benzene rings is 2. The van der Waals surface area contributed by atoms with Crippen molar-refractivity contribution in [3.8, 4) is 0 Å². The van der Waals surface area contributed by atoms with Crippen LogP contribution >= 0.6 is 11.6 Å². The Morgan fingerprint density at radius 3 is 2.68 bits per heavy atom. The molecule has 1 heterocycles. The zero-order valence-electron chi connectivity index (χ0n) is 14.1. The molecule has 3 nitrogen and oxygen atoms in total. The molecule has 2 aromatic carbocycles. The fourth-order valence-electron chi connectivity index (χ4n) is 3.23. The minimum absolute atomic E-state index is 0.185. The van der Waals surface area contributed by atoms with Crippen molar-refractivity contribution >= 4 is 17.5 Å². The molecule has 0 aromatic heterocycles. The molecule has 25 heavy (non-hydrogen) atoms. The van der Waals surface area contributed by atoms with Crippen LogP contribution in [0.4, 0.5) is 4.39 Å². The fraction of sp³-hybridized carbons (Fsp3) is 0.350. The van der Waals surface area contributed by atoms with Gasteiger partial charge in [0.2, 0.25) is 5.91 Å².